The Morgan fingerprint density at radius 2 is 1.78 bits per heavy atom. The monoisotopic (exact) mass is 515 g/mol. The van der Waals surface area contributed by atoms with Gasteiger partial charge < -0.3 is 14.2 Å². The zero-order valence-electron chi connectivity index (χ0n) is 20.0. The van der Waals surface area contributed by atoms with E-state index in [0.717, 1.165) is 12.1 Å². The maximum absolute atomic E-state index is 13.2. The minimum Gasteiger partial charge on any atom is -0.493 e. The first-order valence-electron chi connectivity index (χ1n) is 10.4. The molecule has 192 valence electrons. The van der Waals surface area contributed by atoms with Crippen LogP contribution in [0.15, 0.2) is 46.3 Å². The standard InChI is InChI=1S/C24H20F3N5O5/c1-13-17(11-28)23(34)32(16-7-5-6-15(10-16)24(25,26)27)31-20(13)22(33)30-29-12-14-8-18(35-2)21(37-4)19(9-14)36-3/h5-10,12H,1-4H3,(H,30,33)/b29-12+. The lowest BCUT2D eigenvalue weighted by molar-refractivity contribution is -0.137. The van der Waals surface area contributed by atoms with E-state index in [1.54, 1.807) is 18.2 Å². The topological polar surface area (TPSA) is 128 Å². The molecule has 1 aromatic heterocycles. The maximum Gasteiger partial charge on any atom is 0.416 e. The number of halogens is 3. The molecule has 13 heteroatoms. The lowest BCUT2D eigenvalue weighted by atomic mass is 10.1. The van der Waals surface area contributed by atoms with E-state index in [2.05, 4.69) is 15.6 Å². The van der Waals surface area contributed by atoms with Crippen molar-refractivity contribution in [1.29, 1.82) is 5.26 Å². The van der Waals surface area contributed by atoms with Crippen LogP contribution in [-0.2, 0) is 6.18 Å². The summed E-state index contributed by atoms with van der Waals surface area (Å²) in [5.41, 5.74) is -0.476. The number of benzene rings is 2. The number of ether oxygens (including phenoxy) is 3. The van der Waals surface area contributed by atoms with Gasteiger partial charge in [-0.2, -0.15) is 33.3 Å². The lowest BCUT2D eigenvalue weighted by Crippen LogP contribution is -2.31. The van der Waals surface area contributed by atoms with Crippen molar-refractivity contribution in [2.75, 3.05) is 21.3 Å². The van der Waals surface area contributed by atoms with Gasteiger partial charge in [0.25, 0.3) is 11.5 Å². The Morgan fingerprint density at radius 1 is 1.14 bits per heavy atom. The number of carbonyl (C=O) groups excluding carboxylic acids is 1. The summed E-state index contributed by atoms with van der Waals surface area (Å²) in [5.74, 6) is 0.142. The Balaban J connectivity index is 1.99. The molecule has 0 aliphatic heterocycles. The van der Waals surface area contributed by atoms with Crippen LogP contribution in [0.25, 0.3) is 5.69 Å². The quantitative estimate of drug-likeness (QED) is 0.378. The fraction of sp³-hybridized carbons (Fsp3) is 0.208. The average Bonchev–Trinajstić information content (AvgIpc) is 2.87. The molecule has 1 N–H and O–H groups in total. The molecule has 0 atom stereocenters. The van der Waals surface area contributed by atoms with E-state index in [9.17, 15) is 28.0 Å². The summed E-state index contributed by atoms with van der Waals surface area (Å²) in [6.45, 7) is 1.32. The second-order valence-electron chi connectivity index (χ2n) is 7.38. The Hall–Kier alpha value is -4.86. The van der Waals surface area contributed by atoms with Gasteiger partial charge >= 0.3 is 6.18 Å². The number of hydrazone groups is 1. The summed E-state index contributed by atoms with van der Waals surface area (Å²) in [4.78, 5) is 25.6. The zero-order chi connectivity index (χ0) is 27.3. The van der Waals surface area contributed by atoms with Crippen LogP contribution in [0.2, 0.25) is 0 Å². The van der Waals surface area contributed by atoms with Gasteiger partial charge in [-0.3, -0.25) is 9.59 Å². The zero-order valence-corrected chi connectivity index (χ0v) is 20.0. The van der Waals surface area contributed by atoms with E-state index in [4.69, 9.17) is 14.2 Å². The highest BCUT2D eigenvalue weighted by atomic mass is 19.4. The smallest absolute Gasteiger partial charge is 0.416 e. The predicted octanol–water partition coefficient (Wildman–Crippen LogP) is 3.22. The number of carbonyl (C=O) groups is 1. The Labute approximate surface area is 208 Å². The van der Waals surface area contributed by atoms with Gasteiger partial charge in [-0.05, 0) is 37.3 Å². The molecule has 3 aromatic rings. The summed E-state index contributed by atoms with van der Waals surface area (Å²) in [6.07, 6.45) is -3.41. The molecule has 0 saturated carbocycles. The van der Waals surface area contributed by atoms with Gasteiger partial charge in [0.05, 0.1) is 38.8 Å². The van der Waals surface area contributed by atoms with Crippen LogP contribution in [0, 0.1) is 18.3 Å². The minimum atomic E-state index is -4.68. The summed E-state index contributed by atoms with van der Waals surface area (Å²) >= 11 is 0. The van der Waals surface area contributed by atoms with E-state index < -0.39 is 28.8 Å². The fourth-order valence-corrected chi connectivity index (χ4v) is 3.34. The summed E-state index contributed by atoms with van der Waals surface area (Å²) < 4.78 is 55.8. The highest BCUT2D eigenvalue weighted by Crippen LogP contribution is 2.37. The van der Waals surface area contributed by atoms with E-state index in [0.29, 0.717) is 33.6 Å². The third kappa shape index (κ3) is 5.53. The molecular weight excluding hydrogens is 495 g/mol. The van der Waals surface area contributed by atoms with Gasteiger partial charge in [-0.15, -0.1) is 0 Å². The van der Waals surface area contributed by atoms with E-state index >= 15 is 0 Å². The Morgan fingerprint density at radius 3 is 2.32 bits per heavy atom. The van der Waals surface area contributed by atoms with Crippen molar-refractivity contribution in [2.45, 2.75) is 13.1 Å². The predicted molar refractivity (Wildman–Crippen MR) is 125 cm³/mol. The molecule has 0 unspecified atom stereocenters. The number of methoxy groups -OCH3 is 3. The van der Waals surface area contributed by atoms with Crippen LogP contribution in [0.5, 0.6) is 17.2 Å². The second-order valence-corrected chi connectivity index (χ2v) is 7.38. The molecular formula is C24H20F3N5O5. The van der Waals surface area contributed by atoms with Gasteiger partial charge in [0, 0.05) is 11.1 Å². The van der Waals surface area contributed by atoms with Crippen molar-refractivity contribution in [3.8, 4) is 29.0 Å². The van der Waals surface area contributed by atoms with Crippen molar-refractivity contribution in [3.05, 3.63) is 74.7 Å². The van der Waals surface area contributed by atoms with Crippen molar-refractivity contribution in [3.63, 3.8) is 0 Å². The van der Waals surface area contributed by atoms with Gasteiger partial charge in [0.1, 0.15) is 11.6 Å². The highest BCUT2D eigenvalue weighted by molar-refractivity contribution is 5.94. The molecule has 0 radical (unpaired) electrons. The number of hydrogen-bond donors (Lipinski definition) is 1. The highest BCUT2D eigenvalue weighted by Gasteiger charge is 2.31. The molecule has 0 saturated heterocycles. The number of rotatable bonds is 7. The first-order valence-corrected chi connectivity index (χ1v) is 10.4. The van der Waals surface area contributed by atoms with Gasteiger partial charge in [0.2, 0.25) is 5.75 Å². The molecule has 0 aliphatic carbocycles. The molecule has 0 aliphatic rings. The Kier molecular flexibility index (Phi) is 7.82. The number of nitrogens with zero attached hydrogens (tertiary/aromatic N) is 4. The van der Waals surface area contributed by atoms with Gasteiger partial charge in [-0.1, -0.05) is 6.07 Å². The third-order valence-corrected chi connectivity index (χ3v) is 5.15. The number of amides is 1. The summed E-state index contributed by atoms with van der Waals surface area (Å²) in [6, 6.07) is 8.61. The normalized spacial score (nSPS) is 11.2. The molecule has 3 rings (SSSR count). The molecule has 1 heterocycles. The van der Waals surface area contributed by atoms with Gasteiger partial charge in [-0.25, -0.2) is 5.43 Å². The maximum atomic E-state index is 13.2. The van der Waals surface area contributed by atoms with Crippen molar-refractivity contribution in [2.24, 2.45) is 5.10 Å². The molecule has 0 fully saturated rings. The van der Waals surface area contributed by atoms with Crippen LogP contribution >= 0.6 is 0 Å². The van der Waals surface area contributed by atoms with Crippen LogP contribution in [0.4, 0.5) is 13.2 Å². The number of nitrogens with one attached hydrogen (secondary N) is 1. The first-order chi connectivity index (χ1) is 17.5. The van der Waals surface area contributed by atoms with Crippen LogP contribution < -0.4 is 25.2 Å². The third-order valence-electron chi connectivity index (χ3n) is 5.15. The van der Waals surface area contributed by atoms with Crippen molar-refractivity contribution < 1.29 is 32.2 Å². The largest absolute Gasteiger partial charge is 0.493 e. The molecule has 0 spiro atoms. The summed E-state index contributed by atoms with van der Waals surface area (Å²) in [5, 5.41) is 17.2. The average molecular weight is 515 g/mol. The number of hydrogen-bond acceptors (Lipinski definition) is 8. The van der Waals surface area contributed by atoms with Crippen molar-refractivity contribution >= 4 is 12.1 Å². The van der Waals surface area contributed by atoms with Crippen LogP contribution in [0.3, 0.4) is 0 Å². The van der Waals surface area contributed by atoms with Crippen LogP contribution in [0.1, 0.15) is 32.7 Å². The second kappa shape index (κ2) is 10.8. The molecule has 1 amide bonds. The molecule has 2 aromatic carbocycles. The van der Waals surface area contributed by atoms with E-state index in [1.165, 1.54) is 40.5 Å². The molecule has 10 nitrogen and oxygen atoms in total. The number of aromatic nitrogens is 2. The SMILES string of the molecule is COc1cc(/C=N/NC(=O)c2nn(-c3cccc(C(F)(F)F)c3)c(=O)c(C#N)c2C)cc(OC)c1OC. The summed E-state index contributed by atoms with van der Waals surface area (Å²) in [7, 11) is 4.30. The van der Waals surface area contributed by atoms with E-state index in [1.807, 2.05) is 0 Å². The number of nitriles is 1. The Bertz CT molecular complexity index is 1450. The fourth-order valence-electron chi connectivity index (χ4n) is 3.34. The van der Waals surface area contributed by atoms with Crippen molar-refractivity contribution in [1.82, 2.24) is 15.2 Å². The molecule has 0 bridgehead atoms. The lowest BCUT2D eigenvalue weighted by Gasteiger charge is -2.13. The van der Waals surface area contributed by atoms with E-state index in [-0.39, 0.29) is 16.9 Å². The number of alkyl halides is 3. The minimum absolute atomic E-state index is 0.0591. The molecule has 37 heavy (non-hydrogen) atoms. The first kappa shape index (κ1) is 26.7. The van der Waals surface area contributed by atoms with Crippen LogP contribution in [-0.4, -0.2) is 43.2 Å². The van der Waals surface area contributed by atoms with Gasteiger partial charge in [0.15, 0.2) is 17.2 Å².